The summed E-state index contributed by atoms with van der Waals surface area (Å²) < 4.78 is 0. The van der Waals surface area contributed by atoms with Crippen LogP contribution in [0.5, 0.6) is 0 Å². The second kappa shape index (κ2) is 5.12. The molecule has 0 heterocycles. The lowest BCUT2D eigenvalue weighted by molar-refractivity contribution is -0.124. The fourth-order valence-electron chi connectivity index (χ4n) is 3.66. The minimum absolute atomic E-state index is 0.189. The highest BCUT2D eigenvalue weighted by Crippen LogP contribution is 2.47. The van der Waals surface area contributed by atoms with Crippen LogP contribution in [0.15, 0.2) is 24.3 Å². The van der Waals surface area contributed by atoms with Gasteiger partial charge in [0.15, 0.2) is 0 Å². The van der Waals surface area contributed by atoms with E-state index in [-0.39, 0.29) is 5.91 Å². The van der Waals surface area contributed by atoms with Gasteiger partial charge in [-0.15, -0.1) is 0 Å². The first kappa shape index (κ1) is 13.5. The van der Waals surface area contributed by atoms with Gasteiger partial charge in [0, 0.05) is 5.69 Å². The third kappa shape index (κ3) is 2.54. The van der Waals surface area contributed by atoms with Crippen LogP contribution in [0.4, 0.5) is 5.69 Å². The molecule has 0 aliphatic heterocycles. The number of amides is 1. The molecule has 1 aromatic rings. The molecular formula is C17H24N2O. The van der Waals surface area contributed by atoms with Gasteiger partial charge in [0.2, 0.25) is 5.91 Å². The molecule has 2 unspecified atom stereocenters. The molecule has 2 saturated carbocycles. The number of anilines is 1. The van der Waals surface area contributed by atoms with E-state index < -0.39 is 5.54 Å². The Bertz CT molecular complexity index is 509. The van der Waals surface area contributed by atoms with Gasteiger partial charge in [-0.1, -0.05) is 24.6 Å². The van der Waals surface area contributed by atoms with Crippen molar-refractivity contribution in [3.63, 3.8) is 0 Å². The smallest absolute Gasteiger partial charge is 0.243 e. The molecule has 3 heteroatoms. The monoisotopic (exact) mass is 272 g/mol. The van der Waals surface area contributed by atoms with E-state index in [1.807, 2.05) is 18.2 Å². The summed E-state index contributed by atoms with van der Waals surface area (Å²) in [6.07, 6.45) is 6.80. The second-order valence-corrected chi connectivity index (χ2v) is 6.58. The summed E-state index contributed by atoms with van der Waals surface area (Å²) >= 11 is 0. The molecule has 3 rings (SSSR count). The van der Waals surface area contributed by atoms with Crippen molar-refractivity contribution in [1.82, 2.24) is 0 Å². The van der Waals surface area contributed by atoms with Crippen molar-refractivity contribution in [2.45, 2.75) is 51.0 Å². The molecule has 0 bridgehead atoms. The van der Waals surface area contributed by atoms with Crippen molar-refractivity contribution in [2.24, 2.45) is 17.6 Å². The average molecular weight is 272 g/mol. The molecule has 1 amide bonds. The lowest BCUT2D eigenvalue weighted by Crippen LogP contribution is -2.53. The summed E-state index contributed by atoms with van der Waals surface area (Å²) in [5, 5.41) is 3.50. The van der Waals surface area contributed by atoms with Gasteiger partial charge < -0.3 is 11.1 Å². The highest BCUT2D eigenvalue weighted by atomic mass is 16.1. The molecule has 2 atom stereocenters. The zero-order chi connectivity index (χ0) is 14.2. The van der Waals surface area contributed by atoms with Gasteiger partial charge >= 0.3 is 0 Å². The van der Waals surface area contributed by atoms with E-state index in [0.717, 1.165) is 30.9 Å². The Hall–Kier alpha value is -1.51. The number of hydrogen-bond acceptors (Lipinski definition) is 2. The first-order valence-electron chi connectivity index (χ1n) is 7.74. The third-order valence-corrected chi connectivity index (χ3v) is 5.07. The maximum absolute atomic E-state index is 12.1. The summed E-state index contributed by atoms with van der Waals surface area (Å²) in [5.41, 5.74) is 7.45. The van der Waals surface area contributed by atoms with Gasteiger partial charge in [-0.05, 0) is 62.5 Å². The number of para-hydroxylation sites is 1. The number of benzene rings is 1. The van der Waals surface area contributed by atoms with Crippen molar-refractivity contribution < 1.29 is 4.79 Å². The number of hydrogen-bond donors (Lipinski definition) is 2. The van der Waals surface area contributed by atoms with Crippen molar-refractivity contribution >= 4 is 11.6 Å². The van der Waals surface area contributed by atoms with Gasteiger partial charge in [0.25, 0.3) is 0 Å². The highest BCUT2D eigenvalue weighted by Gasteiger charge is 2.45. The Labute approximate surface area is 120 Å². The largest absolute Gasteiger partial charge is 0.371 e. The van der Waals surface area contributed by atoms with Crippen molar-refractivity contribution in [2.75, 3.05) is 5.32 Å². The average Bonchev–Trinajstić information content (AvgIpc) is 3.26. The van der Waals surface area contributed by atoms with Crippen LogP contribution in [0.3, 0.4) is 0 Å². The topological polar surface area (TPSA) is 55.1 Å². The van der Waals surface area contributed by atoms with Crippen LogP contribution in [-0.4, -0.2) is 11.4 Å². The number of carbonyl (C=O) groups is 1. The van der Waals surface area contributed by atoms with E-state index in [1.54, 1.807) is 0 Å². The predicted octanol–water partition coefficient (Wildman–Crippen LogP) is 3.23. The van der Waals surface area contributed by atoms with Crippen LogP contribution in [0.2, 0.25) is 0 Å². The summed E-state index contributed by atoms with van der Waals surface area (Å²) in [4.78, 5) is 12.1. The number of primary amides is 1. The normalized spacial score (nSPS) is 29.9. The van der Waals surface area contributed by atoms with E-state index >= 15 is 0 Å². The SMILES string of the molecule is Cc1ccccc1NC1(C(N)=O)CCCC(C2CC2)C1. The van der Waals surface area contributed by atoms with Gasteiger partial charge in [-0.3, -0.25) is 4.79 Å². The maximum Gasteiger partial charge on any atom is 0.243 e. The minimum atomic E-state index is -0.544. The van der Waals surface area contributed by atoms with Crippen LogP contribution in [0.25, 0.3) is 0 Å². The molecule has 2 aliphatic rings. The maximum atomic E-state index is 12.1. The fraction of sp³-hybridized carbons (Fsp3) is 0.588. The molecule has 3 N–H and O–H groups in total. The lowest BCUT2D eigenvalue weighted by atomic mass is 9.73. The lowest BCUT2D eigenvalue weighted by Gasteiger charge is -2.40. The van der Waals surface area contributed by atoms with Gasteiger partial charge in [0.05, 0.1) is 0 Å². The molecule has 3 nitrogen and oxygen atoms in total. The summed E-state index contributed by atoms with van der Waals surface area (Å²) in [6, 6.07) is 8.13. The highest BCUT2D eigenvalue weighted by molar-refractivity contribution is 5.88. The Balaban J connectivity index is 1.84. The predicted molar refractivity (Wildman–Crippen MR) is 81.4 cm³/mol. The molecule has 0 aromatic heterocycles. The summed E-state index contributed by atoms with van der Waals surface area (Å²) in [6.45, 7) is 2.07. The Morgan fingerprint density at radius 1 is 1.25 bits per heavy atom. The molecule has 20 heavy (non-hydrogen) atoms. The molecule has 2 aliphatic carbocycles. The van der Waals surface area contributed by atoms with E-state index in [9.17, 15) is 4.79 Å². The Morgan fingerprint density at radius 2 is 2.00 bits per heavy atom. The van der Waals surface area contributed by atoms with Crippen molar-refractivity contribution in [1.29, 1.82) is 0 Å². The summed E-state index contributed by atoms with van der Waals surface area (Å²) in [7, 11) is 0. The Kier molecular flexibility index (Phi) is 3.45. The van der Waals surface area contributed by atoms with Crippen LogP contribution in [-0.2, 0) is 4.79 Å². The number of aryl methyl sites for hydroxylation is 1. The van der Waals surface area contributed by atoms with Crippen LogP contribution >= 0.6 is 0 Å². The van der Waals surface area contributed by atoms with E-state index in [1.165, 1.54) is 24.8 Å². The standard InChI is InChI=1S/C17H24N2O/c1-12-5-2-3-7-15(12)19-17(16(18)20)10-4-6-14(11-17)13-8-9-13/h2-3,5,7,13-14,19H,4,6,8-11H2,1H3,(H2,18,20). The minimum Gasteiger partial charge on any atom is -0.371 e. The van der Waals surface area contributed by atoms with Crippen LogP contribution in [0.1, 0.15) is 44.1 Å². The first-order valence-corrected chi connectivity index (χ1v) is 7.74. The molecule has 1 aromatic carbocycles. The van der Waals surface area contributed by atoms with E-state index in [0.29, 0.717) is 5.92 Å². The van der Waals surface area contributed by atoms with Gasteiger partial charge in [0.1, 0.15) is 5.54 Å². The number of nitrogens with one attached hydrogen (secondary N) is 1. The van der Waals surface area contributed by atoms with Crippen molar-refractivity contribution in [3.8, 4) is 0 Å². The molecule has 0 spiro atoms. The Morgan fingerprint density at radius 3 is 2.65 bits per heavy atom. The quantitative estimate of drug-likeness (QED) is 0.884. The third-order valence-electron chi connectivity index (χ3n) is 5.07. The fourth-order valence-corrected chi connectivity index (χ4v) is 3.66. The first-order chi connectivity index (χ1) is 9.61. The van der Waals surface area contributed by atoms with E-state index in [2.05, 4.69) is 18.3 Å². The number of rotatable bonds is 4. The molecule has 2 fully saturated rings. The van der Waals surface area contributed by atoms with E-state index in [4.69, 9.17) is 5.73 Å². The summed E-state index contributed by atoms with van der Waals surface area (Å²) in [5.74, 6) is 1.33. The van der Waals surface area contributed by atoms with Gasteiger partial charge in [-0.25, -0.2) is 0 Å². The second-order valence-electron chi connectivity index (χ2n) is 6.58. The molecular weight excluding hydrogens is 248 g/mol. The van der Waals surface area contributed by atoms with Crippen molar-refractivity contribution in [3.05, 3.63) is 29.8 Å². The molecule has 0 radical (unpaired) electrons. The molecule has 108 valence electrons. The zero-order valence-electron chi connectivity index (χ0n) is 12.2. The zero-order valence-corrected chi connectivity index (χ0v) is 12.2. The van der Waals surface area contributed by atoms with Gasteiger partial charge in [-0.2, -0.15) is 0 Å². The molecule has 0 saturated heterocycles. The number of carbonyl (C=O) groups excluding carboxylic acids is 1. The van der Waals surface area contributed by atoms with Crippen LogP contribution in [0, 0.1) is 18.8 Å². The number of nitrogens with two attached hydrogens (primary N) is 1. The van der Waals surface area contributed by atoms with Crippen LogP contribution < -0.4 is 11.1 Å².